The van der Waals surface area contributed by atoms with Gasteiger partial charge in [-0.25, -0.2) is 0 Å². The maximum absolute atomic E-state index is 12.4. The number of carbonyl (C=O) groups is 2. The first-order valence-electron chi connectivity index (χ1n) is 6.23. The Hall–Kier alpha value is -1.62. The van der Waals surface area contributed by atoms with Gasteiger partial charge in [0, 0.05) is 18.4 Å². The molecule has 0 aliphatic carbocycles. The van der Waals surface area contributed by atoms with Gasteiger partial charge in [-0.05, 0) is 32.3 Å². The van der Waals surface area contributed by atoms with Crippen LogP contribution in [0.25, 0.3) is 0 Å². The van der Waals surface area contributed by atoms with Crippen LogP contribution in [0.5, 0.6) is 0 Å². The van der Waals surface area contributed by atoms with E-state index in [9.17, 15) is 9.59 Å². The second-order valence-electron chi connectivity index (χ2n) is 4.72. The van der Waals surface area contributed by atoms with Gasteiger partial charge >= 0.3 is 0 Å². The summed E-state index contributed by atoms with van der Waals surface area (Å²) in [4.78, 5) is 29.4. The number of hydrogen-bond donors (Lipinski definition) is 1. The molecule has 1 unspecified atom stereocenters. The molecular formula is C13H16ClN3O2. The molecule has 0 bridgehead atoms. The van der Waals surface area contributed by atoms with Crippen LogP contribution >= 0.6 is 11.6 Å². The average molecular weight is 282 g/mol. The maximum atomic E-state index is 12.4. The van der Waals surface area contributed by atoms with Crippen molar-refractivity contribution in [2.75, 3.05) is 6.54 Å². The summed E-state index contributed by atoms with van der Waals surface area (Å²) in [6.45, 7) is 2.32. The van der Waals surface area contributed by atoms with Gasteiger partial charge in [0.15, 0.2) is 0 Å². The molecule has 1 fully saturated rings. The summed E-state index contributed by atoms with van der Waals surface area (Å²) in [5.41, 5.74) is 6.42. The van der Waals surface area contributed by atoms with Gasteiger partial charge in [0.2, 0.25) is 5.91 Å². The number of aryl methyl sites for hydroxylation is 1. The normalized spacial score (nSPS) is 19.3. The Morgan fingerprint density at radius 3 is 2.84 bits per heavy atom. The lowest BCUT2D eigenvalue weighted by molar-refractivity contribution is -0.123. The Labute approximate surface area is 116 Å². The van der Waals surface area contributed by atoms with Crippen LogP contribution in [0.3, 0.4) is 0 Å². The van der Waals surface area contributed by atoms with E-state index >= 15 is 0 Å². The van der Waals surface area contributed by atoms with E-state index in [1.807, 2.05) is 0 Å². The van der Waals surface area contributed by atoms with Crippen LogP contribution in [0.4, 0.5) is 0 Å². The summed E-state index contributed by atoms with van der Waals surface area (Å²) < 4.78 is 0. The Bertz CT molecular complexity index is 519. The van der Waals surface area contributed by atoms with Crippen LogP contribution < -0.4 is 5.73 Å². The Kier molecular flexibility index (Phi) is 4.04. The first-order valence-corrected chi connectivity index (χ1v) is 6.61. The van der Waals surface area contributed by atoms with Crippen molar-refractivity contribution in [2.45, 2.75) is 32.2 Å². The lowest BCUT2D eigenvalue weighted by Gasteiger charge is -2.33. The van der Waals surface area contributed by atoms with Crippen LogP contribution in [-0.2, 0) is 4.79 Å². The summed E-state index contributed by atoms with van der Waals surface area (Å²) in [6, 6.07) is 1.09. The Balaban J connectivity index is 2.28. The number of aromatic nitrogens is 1. The Morgan fingerprint density at radius 1 is 1.47 bits per heavy atom. The number of piperidine rings is 1. The summed E-state index contributed by atoms with van der Waals surface area (Å²) in [6.07, 6.45) is 3.83. The summed E-state index contributed by atoms with van der Waals surface area (Å²) in [7, 11) is 0. The van der Waals surface area contributed by atoms with Gasteiger partial charge in [0.25, 0.3) is 5.91 Å². The minimum absolute atomic E-state index is 0.277. The van der Waals surface area contributed by atoms with Gasteiger partial charge in [-0.3, -0.25) is 14.6 Å². The van der Waals surface area contributed by atoms with E-state index in [2.05, 4.69) is 4.98 Å². The smallest absolute Gasteiger partial charge is 0.257 e. The molecule has 2 rings (SSSR count). The third kappa shape index (κ3) is 2.87. The molecule has 1 atom stereocenters. The van der Waals surface area contributed by atoms with Gasteiger partial charge < -0.3 is 10.6 Å². The van der Waals surface area contributed by atoms with Gasteiger partial charge in [-0.15, -0.1) is 0 Å². The minimum atomic E-state index is -0.543. The quantitative estimate of drug-likeness (QED) is 0.893. The molecule has 2 amide bonds. The zero-order valence-electron chi connectivity index (χ0n) is 10.7. The fourth-order valence-corrected chi connectivity index (χ4v) is 2.60. The van der Waals surface area contributed by atoms with Gasteiger partial charge in [-0.2, -0.15) is 0 Å². The zero-order valence-corrected chi connectivity index (χ0v) is 11.5. The van der Waals surface area contributed by atoms with Crippen molar-refractivity contribution in [3.05, 3.63) is 28.5 Å². The maximum Gasteiger partial charge on any atom is 0.257 e. The number of likely N-dealkylation sites (tertiary alicyclic amines) is 1. The molecule has 2 heterocycles. The first-order chi connectivity index (χ1) is 9.00. The van der Waals surface area contributed by atoms with E-state index in [4.69, 9.17) is 17.3 Å². The number of nitrogens with zero attached hydrogens (tertiary/aromatic N) is 2. The van der Waals surface area contributed by atoms with Gasteiger partial charge in [0.1, 0.15) is 6.04 Å². The lowest BCUT2D eigenvalue weighted by atomic mass is 10.0. The predicted molar refractivity (Wildman–Crippen MR) is 71.9 cm³/mol. The van der Waals surface area contributed by atoms with Crippen molar-refractivity contribution in [2.24, 2.45) is 5.73 Å². The van der Waals surface area contributed by atoms with Crippen LogP contribution in [-0.4, -0.2) is 34.3 Å². The number of rotatable bonds is 2. The third-order valence-electron chi connectivity index (χ3n) is 3.31. The van der Waals surface area contributed by atoms with E-state index in [1.54, 1.807) is 13.0 Å². The molecule has 0 saturated carbocycles. The molecule has 0 spiro atoms. The van der Waals surface area contributed by atoms with Crippen molar-refractivity contribution >= 4 is 23.4 Å². The number of pyridine rings is 1. The molecule has 1 saturated heterocycles. The standard InChI is InChI=1S/C13H16ClN3O2/c1-8-6-10(14)9(7-16-8)13(19)17-5-3-2-4-11(17)12(15)18/h6-7,11H,2-5H2,1H3,(H2,15,18). The number of carbonyl (C=O) groups excluding carboxylic acids is 2. The molecule has 102 valence electrons. The van der Waals surface area contributed by atoms with Crippen LogP contribution in [0.2, 0.25) is 5.02 Å². The zero-order chi connectivity index (χ0) is 14.0. The van der Waals surface area contributed by atoms with Crippen LogP contribution in [0.1, 0.15) is 35.3 Å². The van der Waals surface area contributed by atoms with Crippen LogP contribution in [0, 0.1) is 6.92 Å². The van der Waals surface area contributed by atoms with Gasteiger partial charge in [0.05, 0.1) is 10.6 Å². The van der Waals surface area contributed by atoms with E-state index in [0.29, 0.717) is 23.6 Å². The second-order valence-corrected chi connectivity index (χ2v) is 5.13. The fourth-order valence-electron chi connectivity index (χ4n) is 2.31. The van der Waals surface area contributed by atoms with Crippen molar-refractivity contribution in [1.82, 2.24) is 9.88 Å². The molecule has 6 heteroatoms. The fraction of sp³-hybridized carbons (Fsp3) is 0.462. The van der Waals surface area contributed by atoms with Crippen LogP contribution in [0.15, 0.2) is 12.3 Å². The number of hydrogen-bond acceptors (Lipinski definition) is 3. The highest BCUT2D eigenvalue weighted by atomic mass is 35.5. The molecule has 2 N–H and O–H groups in total. The topological polar surface area (TPSA) is 76.3 Å². The van der Waals surface area contributed by atoms with Gasteiger partial charge in [-0.1, -0.05) is 11.6 Å². The average Bonchev–Trinajstić information content (AvgIpc) is 2.38. The molecule has 0 aromatic carbocycles. The molecular weight excluding hydrogens is 266 g/mol. The number of halogens is 1. The summed E-state index contributed by atoms with van der Waals surface area (Å²) in [5.74, 6) is -0.745. The Morgan fingerprint density at radius 2 is 2.21 bits per heavy atom. The lowest BCUT2D eigenvalue weighted by Crippen LogP contribution is -2.50. The number of nitrogens with two attached hydrogens (primary N) is 1. The molecule has 5 nitrogen and oxygen atoms in total. The van der Waals surface area contributed by atoms with E-state index in [0.717, 1.165) is 18.5 Å². The first kappa shape index (κ1) is 13.8. The van der Waals surface area contributed by atoms with E-state index < -0.39 is 11.9 Å². The molecule has 1 aliphatic rings. The second kappa shape index (κ2) is 5.57. The van der Waals surface area contributed by atoms with Crippen molar-refractivity contribution in [1.29, 1.82) is 0 Å². The number of amides is 2. The van der Waals surface area contributed by atoms with E-state index in [-0.39, 0.29) is 5.91 Å². The SMILES string of the molecule is Cc1cc(Cl)c(C(=O)N2CCCCC2C(N)=O)cn1. The van der Waals surface area contributed by atoms with E-state index in [1.165, 1.54) is 11.1 Å². The monoisotopic (exact) mass is 281 g/mol. The largest absolute Gasteiger partial charge is 0.368 e. The van der Waals surface area contributed by atoms with Crippen molar-refractivity contribution in [3.8, 4) is 0 Å². The molecule has 1 aromatic heterocycles. The summed E-state index contributed by atoms with van der Waals surface area (Å²) in [5, 5.41) is 0.353. The predicted octanol–water partition coefficient (Wildman–Crippen LogP) is 1.52. The molecule has 0 radical (unpaired) electrons. The summed E-state index contributed by atoms with van der Waals surface area (Å²) >= 11 is 6.07. The molecule has 19 heavy (non-hydrogen) atoms. The highest BCUT2D eigenvalue weighted by Crippen LogP contribution is 2.23. The minimum Gasteiger partial charge on any atom is -0.368 e. The highest BCUT2D eigenvalue weighted by Gasteiger charge is 2.32. The molecule has 1 aliphatic heterocycles. The van der Waals surface area contributed by atoms with Crippen molar-refractivity contribution in [3.63, 3.8) is 0 Å². The number of primary amides is 1. The third-order valence-corrected chi connectivity index (χ3v) is 3.63. The molecule has 1 aromatic rings. The highest BCUT2D eigenvalue weighted by molar-refractivity contribution is 6.33. The van der Waals surface area contributed by atoms with Crippen molar-refractivity contribution < 1.29 is 9.59 Å².